The first kappa shape index (κ1) is 18.1. The van der Waals surface area contributed by atoms with Crippen molar-refractivity contribution in [2.24, 2.45) is 0 Å². The van der Waals surface area contributed by atoms with E-state index in [2.05, 4.69) is 4.98 Å². The molecule has 0 spiro atoms. The van der Waals surface area contributed by atoms with Gasteiger partial charge in [-0.15, -0.1) is 11.3 Å². The minimum absolute atomic E-state index is 0.0367. The third-order valence-corrected chi connectivity index (χ3v) is 5.34. The molecule has 142 valence electrons. The van der Waals surface area contributed by atoms with E-state index in [9.17, 15) is 19.1 Å². The Bertz CT molecular complexity index is 1130. The molecule has 0 bridgehead atoms. The Kier molecular flexibility index (Phi) is 4.35. The Balaban J connectivity index is 1.90. The summed E-state index contributed by atoms with van der Waals surface area (Å²) in [7, 11) is 0. The van der Waals surface area contributed by atoms with Gasteiger partial charge in [-0.1, -0.05) is 18.2 Å². The van der Waals surface area contributed by atoms with Gasteiger partial charge in [0.05, 0.1) is 5.57 Å². The fourth-order valence-electron chi connectivity index (χ4n) is 3.17. The molecule has 0 radical (unpaired) electrons. The second kappa shape index (κ2) is 6.72. The van der Waals surface area contributed by atoms with Crippen LogP contribution in [-0.2, 0) is 4.79 Å². The molecule has 1 atom stereocenters. The first-order valence-electron chi connectivity index (χ1n) is 8.43. The van der Waals surface area contributed by atoms with E-state index < -0.39 is 29.3 Å². The summed E-state index contributed by atoms with van der Waals surface area (Å²) in [6, 6.07) is 7.72. The lowest BCUT2D eigenvalue weighted by Gasteiger charge is -2.24. The molecule has 0 saturated carbocycles. The number of carbonyl (C=O) groups excluding carboxylic acids is 2. The number of aliphatic hydroxyl groups excluding tert-OH is 1. The maximum atomic E-state index is 14.6. The summed E-state index contributed by atoms with van der Waals surface area (Å²) in [5, 5.41) is 10.8. The Morgan fingerprint density at radius 3 is 2.61 bits per heavy atom. The third-order valence-electron chi connectivity index (χ3n) is 4.43. The number of halogens is 1. The zero-order valence-corrected chi connectivity index (χ0v) is 15.8. The molecular weight excluding hydrogens is 383 g/mol. The van der Waals surface area contributed by atoms with Gasteiger partial charge in [0, 0.05) is 16.6 Å². The summed E-state index contributed by atoms with van der Waals surface area (Å²) in [5.41, 5.74) is -0.156. The molecule has 0 fully saturated rings. The van der Waals surface area contributed by atoms with Gasteiger partial charge in [-0.05, 0) is 32.0 Å². The third kappa shape index (κ3) is 2.82. The summed E-state index contributed by atoms with van der Waals surface area (Å²) < 4.78 is 20.0. The number of amides is 1. The minimum atomic E-state index is -1.16. The first-order valence-corrected chi connectivity index (χ1v) is 9.25. The summed E-state index contributed by atoms with van der Waals surface area (Å²) in [6.07, 6.45) is 1.57. The van der Waals surface area contributed by atoms with Gasteiger partial charge in [-0.2, -0.15) is 0 Å². The number of aliphatic hydroxyl groups is 1. The Morgan fingerprint density at radius 2 is 2.00 bits per heavy atom. The molecule has 2 aromatic heterocycles. The Hall–Kier alpha value is -3.26. The summed E-state index contributed by atoms with van der Waals surface area (Å²) >= 11 is 1.21. The average Bonchev–Trinajstić information content (AvgIpc) is 3.35. The number of benzene rings is 1. The van der Waals surface area contributed by atoms with E-state index in [-0.39, 0.29) is 22.0 Å². The van der Waals surface area contributed by atoms with E-state index in [4.69, 9.17) is 4.42 Å². The highest BCUT2D eigenvalue weighted by Crippen LogP contribution is 2.43. The maximum absolute atomic E-state index is 14.6. The number of hydrogen-bond donors (Lipinski definition) is 1. The van der Waals surface area contributed by atoms with Crippen LogP contribution in [0.25, 0.3) is 0 Å². The molecule has 1 aliphatic heterocycles. The molecular formula is C20H15FN2O4S. The van der Waals surface area contributed by atoms with E-state index in [0.717, 1.165) is 9.78 Å². The number of hydrogen-bond acceptors (Lipinski definition) is 6. The molecule has 4 rings (SSSR count). The lowest BCUT2D eigenvalue weighted by molar-refractivity contribution is -0.117. The number of nitrogens with zero attached hydrogens (tertiary/aromatic N) is 2. The standard InChI is InChI=1S/C20H15FN2O4S/c1-10-7-8-14(27-10)17(24)15-16(12-5-3-4-6-13(12)21)23(19(26)18(15)25)20-22-9-11(2)28-20/h3-9,16,25H,1-2H3. The van der Waals surface area contributed by atoms with Crippen LogP contribution in [0.4, 0.5) is 9.52 Å². The zero-order valence-electron chi connectivity index (χ0n) is 15.0. The fraction of sp³-hybridized carbons (Fsp3) is 0.150. The van der Waals surface area contributed by atoms with E-state index in [1.54, 1.807) is 25.3 Å². The quantitative estimate of drug-likeness (QED) is 0.664. The highest BCUT2D eigenvalue weighted by Gasteiger charge is 2.47. The van der Waals surface area contributed by atoms with Crippen LogP contribution < -0.4 is 4.90 Å². The molecule has 1 N–H and O–H groups in total. The van der Waals surface area contributed by atoms with Crippen molar-refractivity contribution in [2.75, 3.05) is 4.90 Å². The van der Waals surface area contributed by atoms with E-state index >= 15 is 0 Å². The minimum Gasteiger partial charge on any atom is -0.503 e. The van der Waals surface area contributed by atoms with Crippen LogP contribution in [0.3, 0.4) is 0 Å². The average molecular weight is 398 g/mol. The SMILES string of the molecule is Cc1ccc(C(=O)C2=C(O)C(=O)N(c3ncc(C)s3)C2c2ccccc2F)o1. The highest BCUT2D eigenvalue weighted by atomic mass is 32.1. The fourth-order valence-corrected chi connectivity index (χ4v) is 3.95. The number of aryl methyl sites for hydroxylation is 2. The van der Waals surface area contributed by atoms with Gasteiger partial charge in [-0.25, -0.2) is 9.37 Å². The molecule has 1 aromatic carbocycles. The van der Waals surface area contributed by atoms with Crippen molar-refractivity contribution in [3.8, 4) is 0 Å². The summed E-state index contributed by atoms with van der Waals surface area (Å²) in [5.74, 6) is -2.36. The number of anilines is 1. The van der Waals surface area contributed by atoms with Gasteiger partial charge < -0.3 is 9.52 Å². The predicted octanol–water partition coefficient (Wildman–Crippen LogP) is 4.27. The normalized spacial score (nSPS) is 16.9. The van der Waals surface area contributed by atoms with Crippen LogP contribution in [0.2, 0.25) is 0 Å². The molecule has 3 heterocycles. The number of thiazole rings is 1. The smallest absolute Gasteiger partial charge is 0.296 e. The molecule has 0 aliphatic carbocycles. The number of Topliss-reactive ketones (excluding diaryl/α,β-unsaturated/α-hetero) is 1. The summed E-state index contributed by atoms with van der Waals surface area (Å²) in [4.78, 5) is 32.1. The van der Waals surface area contributed by atoms with Crippen molar-refractivity contribution in [3.05, 3.63) is 81.7 Å². The van der Waals surface area contributed by atoms with Gasteiger partial charge in [0.15, 0.2) is 16.7 Å². The van der Waals surface area contributed by atoms with Gasteiger partial charge in [-0.3, -0.25) is 14.5 Å². The van der Waals surface area contributed by atoms with Crippen LogP contribution in [0, 0.1) is 19.7 Å². The molecule has 6 nitrogen and oxygen atoms in total. The lowest BCUT2D eigenvalue weighted by atomic mass is 9.95. The topological polar surface area (TPSA) is 83.6 Å². The molecule has 1 unspecified atom stereocenters. The molecule has 1 amide bonds. The van der Waals surface area contributed by atoms with Crippen molar-refractivity contribution in [1.29, 1.82) is 0 Å². The van der Waals surface area contributed by atoms with Gasteiger partial charge >= 0.3 is 0 Å². The van der Waals surface area contributed by atoms with Gasteiger partial charge in [0.1, 0.15) is 17.6 Å². The molecule has 0 saturated heterocycles. The predicted molar refractivity (Wildman–Crippen MR) is 101 cm³/mol. The number of rotatable bonds is 4. The van der Waals surface area contributed by atoms with Crippen molar-refractivity contribution in [3.63, 3.8) is 0 Å². The van der Waals surface area contributed by atoms with Crippen molar-refractivity contribution >= 4 is 28.2 Å². The zero-order chi connectivity index (χ0) is 20.0. The van der Waals surface area contributed by atoms with Crippen molar-refractivity contribution in [1.82, 2.24) is 4.98 Å². The van der Waals surface area contributed by atoms with Crippen molar-refractivity contribution in [2.45, 2.75) is 19.9 Å². The number of aromatic nitrogens is 1. The monoisotopic (exact) mass is 398 g/mol. The van der Waals surface area contributed by atoms with Gasteiger partial charge in [0.25, 0.3) is 5.91 Å². The Labute approximate surface area is 163 Å². The van der Waals surface area contributed by atoms with E-state index in [1.165, 1.54) is 35.6 Å². The van der Waals surface area contributed by atoms with E-state index in [0.29, 0.717) is 5.76 Å². The van der Waals surface area contributed by atoms with Crippen LogP contribution in [-0.4, -0.2) is 21.8 Å². The number of carbonyl (C=O) groups is 2. The Morgan fingerprint density at radius 1 is 1.25 bits per heavy atom. The largest absolute Gasteiger partial charge is 0.503 e. The number of furan rings is 1. The molecule has 3 aromatic rings. The number of ketones is 1. The highest BCUT2D eigenvalue weighted by molar-refractivity contribution is 7.15. The van der Waals surface area contributed by atoms with Crippen LogP contribution in [0.15, 0.2) is 58.3 Å². The molecule has 8 heteroatoms. The summed E-state index contributed by atoms with van der Waals surface area (Å²) in [6.45, 7) is 3.48. The van der Waals surface area contributed by atoms with Crippen LogP contribution in [0.5, 0.6) is 0 Å². The van der Waals surface area contributed by atoms with Gasteiger partial charge in [0.2, 0.25) is 5.78 Å². The lowest BCUT2D eigenvalue weighted by Crippen LogP contribution is -2.31. The molecule has 28 heavy (non-hydrogen) atoms. The second-order valence-electron chi connectivity index (χ2n) is 6.35. The van der Waals surface area contributed by atoms with Crippen molar-refractivity contribution < 1.29 is 23.5 Å². The molecule has 1 aliphatic rings. The van der Waals surface area contributed by atoms with E-state index in [1.807, 2.05) is 6.92 Å². The second-order valence-corrected chi connectivity index (χ2v) is 7.57. The van der Waals surface area contributed by atoms with Crippen LogP contribution >= 0.6 is 11.3 Å². The van der Waals surface area contributed by atoms with Crippen LogP contribution in [0.1, 0.15) is 32.8 Å². The first-order chi connectivity index (χ1) is 13.4. The maximum Gasteiger partial charge on any atom is 0.296 e.